The number of nitro groups is 1. The third kappa shape index (κ3) is 4.90. The van der Waals surface area contributed by atoms with Crippen LogP contribution >= 0.6 is 0 Å². The highest BCUT2D eigenvalue weighted by Gasteiger charge is 2.22. The normalized spacial score (nSPS) is 15.5. The summed E-state index contributed by atoms with van der Waals surface area (Å²) in [5.74, 6) is 0.786. The lowest BCUT2D eigenvalue weighted by Crippen LogP contribution is -2.31. The summed E-state index contributed by atoms with van der Waals surface area (Å²) < 4.78 is 8.40. The van der Waals surface area contributed by atoms with Crippen molar-refractivity contribution in [1.29, 1.82) is 0 Å². The van der Waals surface area contributed by atoms with Crippen LogP contribution in [-0.4, -0.2) is 47.9 Å². The smallest absolute Gasteiger partial charge is 0.329 e. The molecule has 176 valence electrons. The highest BCUT2D eigenvalue weighted by Crippen LogP contribution is 2.24. The zero-order valence-electron chi connectivity index (χ0n) is 18.2. The Bertz CT molecular complexity index is 1260. The summed E-state index contributed by atoms with van der Waals surface area (Å²) in [6, 6.07) is 5.73. The van der Waals surface area contributed by atoms with E-state index in [1.54, 1.807) is 4.57 Å². The van der Waals surface area contributed by atoms with E-state index in [1.807, 2.05) is 0 Å². The highest BCUT2D eigenvalue weighted by atomic mass is 16.6. The monoisotopic (exact) mass is 458 g/mol. The summed E-state index contributed by atoms with van der Waals surface area (Å²) in [6.07, 6.45) is 4.32. The number of nitrogens with zero attached hydrogens (tertiary/aromatic N) is 4. The number of benzene rings is 1. The number of hydrogen-bond acceptors (Lipinski definition) is 8. The summed E-state index contributed by atoms with van der Waals surface area (Å²) >= 11 is 0. The number of anilines is 1. The lowest BCUT2D eigenvalue weighted by Gasteiger charge is -2.24. The van der Waals surface area contributed by atoms with E-state index in [9.17, 15) is 24.8 Å². The fourth-order valence-corrected chi connectivity index (χ4v) is 4.07. The van der Waals surface area contributed by atoms with Crippen molar-refractivity contribution in [1.82, 2.24) is 19.1 Å². The fourth-order valence-electron chi connectivity index (χ4n) is 4.07. The number of nitro benzene ring substituents is 1. The average molecular weight is 458 g/mol. The minimum absolute atomic E-state index is 0.000180. The third-order valence-corrected chi connectivity index (χ3v) is 5.83. The van der Waals surface area contributed by atoms with E-state index < -0.39 is 22.3 Å². The van der Waals surface area contributed by atoms with Crippen molar-refractivity contribution in [2.75, 3.05) is 11.9 Å². The van der Waals surface area contributed by atoms with Gasteiger partial charge < -0.3 is 19.7 Å². The predicted molar refractivity (Wildman–Crippen MR) is 121 cm³/mol. The van der Waals surface area contributed by atoms with Crippen LogP contribution in [0, 0.1) is 10.1 Å². The molecule has 4 rings (SSSR count). The molecule has 0 aliphatic heterocycles. The van der Waals surface area contributed by atoms with Gasteiger partial charge in [-0.05, 0) is 25.0 Å². The Morgan fingerprint density at radius 3 is 2.64 bits per heavy atom. The predicted octanol–water partition coefficient (Wildman–Crippen LogP) is 1.52. The number of aromatic nitrogens is 4. The van der Waals surface area contributed by atoms with Crippen molar-refractivity contribution in [2.45, 2.75) is 50.8 Å². The van der Waals surface area contributed by atoms with Gasteiger partial charge in [0.15, 0.2) is 11.2 Å². The largest absolute Gasteiger partial charge is 0.491 e. The molecule has 3 aromatic rings. The van der Waals surface area contributed by atoms with Gasteiger partial charge in [0.2, 0.25) is 5.95 Å². The maximum Gasteiger partial charge on any atom is 0.329 e. The van der Waals surface area contributed by atoms with Crippen LogP contribution in [0.3, 0.4) is 0 Å². The maximum absolute atomic E-state index is 12.6. The molecule has 1 aliphatic carbocycles. The molecule has 12 nitrogen and oxygen atoms in total. The van der Waals surface area contributed by atoms with Gasteiger partial charge in [0.05, 0.1) is 11.5 Å². The zero-order valence-corrected chi connectivity index (χ0v) is 18.2. The molecule has 33 heavy (non-hydrogen) atoms. The molecule has 1 atom stereocenters. The maximum atomic E-state index is 12.6. The first kappa shape index (κ1) is 22.5. The van der Waals surface area contributed by atoms with Crippen LogP contribution in [0.15, 0.2) is 33.9 Å². The highest BCUT2D eigenvalue weighted by molar-refractivity contribution is 5.74. The number of ether oxygens (including phenoxy) is 1. The summed E-state index contributed by atoms with van der Waals surface area (Å²) in [5.41, 5.74) is -0.796. The van der Waals surface area contributed by atoms with Crippen molar-refractivity contribution in [3.63, 3.8) is 0 Å². The number of nitrogens with one attached hydrogen (secondary N) is 2. The third-order valence-electron chi connectivity index (χ3n) is 5.83. The van der Waals surface area contributed by atoms with Gasteiger partial charge in [-0.2, -0.15) is 4.98 Å². The number of rotatable bonds is 8. The van der Waals surface area contributed by atoms with Crippen molar-refractivity contribution in [2.24, 2.45) is 7.05 Å². The van der Waals surface area contributed by atoms with Crippen LogP contribution in [0.2, 0.25) is 0 Å². The molecule has 0 bridgehead atoms. The summed E-state index contributed by atoms with van der Waals surface area (Å²) in [5, 5.41) is 24.8. The lowest BCUT2D eigenvalue weighted by molar-refractivity contribution is -0.384. The first-order valence-electron chi connectivity index (χ1n) is 10.8. The number of aliphatic hydroxyl groups excluding tert-OH is 1. The average Bonchev–Trinajstić information content (AvgIpc) is 3.15. The second kappa shape index (κ2) is 9.45. The Hall–Kier alpha value is -3.67. The molecule has 3 N–H and O–H groups in total. The number of aryl methyl sites for hydroxylation is 1. The number of imidazole rings is 1. The van der Waals surface area contributed by atoms with Crippen LogP contribution in [-0.2, 0) is 13.6 Å². The molecule has 0 spiro atoms. The molecule has 1 saturated carbocycles. The molecule has 12 heteroatoms. The van der Waals surface area contributed by atoms with E-state index in [4.69, 9.17) is 4.74 Å². The Morgan fingerprint density at radius 2 is 1.97 bits per heavy atom. The first-order valence-corrected chi connectivity index (χ1v) is 10.8. The number of fused-ring (bicyclic) bond motifs is 1. The van der Waals surface area contributed by atoms with Gasteiger partial charge in [0.25, 0.3) is 11.2 Å². The van der Waals surface area contributed by atoms with E-state index in [1.165, 1.54) is 42.3 Å². The van der Waals surface area contributed by atoms with Gasteiger partial charge in [-0.1, -0.05) is 19.3 Å². The van der Waals surface area contributed by atoms with Crippen molar-refractivity contribution in [3.8, 4) is 5.75 Å². The Morgan fingerprint density at radius 1 is 1.27 bits per heavy atom. The molecule has 2 heterocycles. The van der Waals surface area contributed by atoms with Gasteiger partial charge >= 0.3 is 5.69 Å². The van der Waals surface area contributed by atoms with Crippen molar-refractivity contribution >= 4 is 22.8 Å². The lowest BCUT2D eigenvalue weighted by atomic mass is 9.96. The summed E-state index contributed by atoms with van der Waals surface area (Å²) in [6.45, 7) is -0.107. The molecular weight excluding hydrogens is 432 g/mol. The van der Waals surface area contributed by atoms with Crippen LogP contribution in [0.1, 0.15) is 32.1 Å². The fraction of sp³-hybridized carbons (Fsp3) is 0.476. The Kier molecular flexibility index (Phi) is 6.45. The first-order chi connectivity index (χ1) is 15.8. The molecule has 0 radical (unpaired) electrons. The second-order valence-corrected chi connectivity index (χ2v) is 8.23. The molecule has 1 fully saturated rings. The number of aromatic amines is 1. The van der Waals surface area contributed by atoms with E-state index in [0.29, 0.717) is 11.7 Å². The van der Waals surface area contributed by atoms with Crippen LogP contribution < -0.4 is 21.3 Å². The van der Waals surface area contributed by atoms with E-state index in [0.717, 1.165) is 25.7 Å². The molecule has 1 aromatic carbocycles. The standard InChI is InChI=1S/C21H26N6O6/c1-25-18-17(19(29)24-21(25)30)26(20(23-18)22-13-5-3-2-4-6-13)11-15(28)12-33-16-9-7-14(8-10-16)27(31)32/h7-10,13,15,28H,2-6,11-12H2,1H3,(H,22,23)(H,24,29,30). The SMILES string of the molecule is Cn1c(=O)[nH]c(=O)c2c1nc(NC1CCCCC1)n2CC(O)COc1ccc([N+](=O)[O-])cc1. The summed E-state index contributed by atoms with van der Waals surface area (Å²) in [4.78, 5) is 41.7. The van der Waals surface area contributed by atoms with Crippen LogP contribution in [0.5, 0.6) is 5.75 Å². The quantitative estimate of drug-likeness (QED) is 0.339. The number of non-ortho nitro benzene ring substituents is 1. The van der Waals surface area contributed by atoms with Gasteiger partial charge in [-0.15, -0.1) is 0 Å². The second-order valence-electron chi connectivity index (χ2n) is 8.23. The topological polar surface area (TPSA) is 157 Å². The van der Waals surface area contributed by atoms with E-state index >= 15 is 0 Å². The summed E-state index contributed by atoms with van der Waals surface area (Å²) in [7, 11) is 1.52. The minimum atomic E-state index is -1.01. The molecule has 0 amide bonds. The number of H-pyrrole nitrogens is 1. The molecular formula is C21H26N6O6. The van der Waals surface area contributed by atoms with Crippen molar-refractivity contribution in [3.05, 3.63) is 55.2 Å². The van der Waals surface area contributed by atoms with Crippen LogP contribution in [0.25, 0.3) is 11.2 Å². The molecule has 1 aliphatic rings. The van der Waals surface area contributed by atoms with Gasteiger partial charge in [-0.25, -0.2) is 4.79 Å². The molecule has 2 aromatic heterocycles. The minimum Gasteiger partial charge on any atom is -0.491 e. The zero-order chi connectivity index (χ0) is 23.5. The number of hydrogen-bond donors (Lipinski definition) is 3. The Labute approximate surface area is 188 Å². The van der Waals surface area contributed by atoms with Gasteiger partial charge in [0.1, 0.15) is 18.5 Å². The van der Waals surface area contributed by atoms with E-state index in [2.05, 4.69) is 15.3 Å². The Balaban J connectivity index is 1.57. The molecule has 1 unspecified atom stereocenters. The van der Waals surface area contributed by atoms with Crippen LogP contribution in [0.4, 0.5) is 11.6 Å². The number of aliphatic hydroxyl groups is 1. The van der Waals surface area contributed by atoms with E-state index in [-0.39, 0.29) is 36.0 Å². The van der Waals surface area contributed by atoms with Gasteiger partial charge in [-0.3, -0.25) is 24.5 Å². The molecule has 0 saturated heterocycles. The van der Waals surface area contributed by atoms with Gasteiger partial charge in [0, 0.05) is 25.2 Å². The van der Waals surface area contributed by atoms with Crippen molar-refractivity contribution < 1.29 is 14.8 Å².